The van der Waals surface area contributed by atoms with Crippen LogP contribution >= 0.6 is 22.6 Å². The van der Waals surface area contributed by atoms with Crippen LogP contribution in [0.1, 0.15) is 17.7 Å². The molecule has 1 rings (SSSR count). The van der Waals surface area contributed by atoms with Gasteiger partial charge in [-0.3, -0.25) is 9.78 Å². The molecule has 0 N–H and O–H groups in total. The van der Waals surface area contributed by atoms with Crippen molar-refractivity contribution < 1.29 is 18.3 Å². The van der Waals surface area contributed by atoms with Gasteiger partial charge in [-0.1, -0.05) is 0 Å². The number of alkyl halides is 2. The number of aromatic nitrogens is 1. The molecular weight excluding hydrogens is 319 g/mol. The van der Waals surface area contributed by atoms with Gasteiger partial charge in [-0.2, -0.15) is 0 Å². The summed E-state index contributed by atoms with van der Waals surface area (Å²) in [6, 6.07) is 1.23. The first kappa shape index (κ1) is 12.3. The minimum absolute atomic E-state index is 0.0169. The summed E-state index contributed by atoms with van der Waals surface area (Å²) in [6.07, 6.45) is -1.32. The Labute approximate surface area is 99.0 Å². The average Bonchev–Trinajstić information content (AvgIpc) is 2.20. The molecule has 0 saturated heterocycles. The molecule has 0 aromatic carbocycles. The smallest absolute Gasteiger partial charge is 0.310 e. The third-order valence-corrected chi connectivity index (χ3v) is 2.71. The summed E-state index contributed by atoms with van der Waals surface area (Å²) in [5, 5.41) is 0. The molecule has 0 bridgehead atoms. The first-order valence-corrected chi connectivity index (χ1v) is 5.11. The van der Waals surface area contributed by atoms with E-state index in [4.69, 9.17) is 0 Å². The number of pyridine rings is 1. The highest BCUT2D eigenvalue weighted by Gasteiger charge is 2.13. The topological polar surface area (TPSA) is 39.2 Å². The van der Waals surface area contributed by atoms with Crippen molar-refractivity contribution in [2.24, 2.45) is 0 Å². The van der Waals surface area contributed by atoms with Crippen molar-refractivity contribution in [3.8, 4) is 0 Å². The number of ether oxygens (including phenoxy) is 1. The van der Waals surface area contributed by atoms with Gasteiger partial charge in [0.15, 0.2) is 0 Å². The Kier molecular flexibility index (Phi) is 4.37. The van der Waals surface area contributed by atoms with E-state index in [0.29, 0.717) is 9.13 Å². The second-order valence-corrected chi connectivity index (χ2v) is 3.92. The maximum Gasteiger partial charge on any atom is 0.310 e. The van der Waals surface area contributed by atoms with Crippen molar-refractivity contribution in [3.63, 3.8) is 0 Å². The third-order valence-electron chi connectivity index (χ3n) is 1.74. The fraction of sp³-hybridized carbons (Fsp3) is 0.333. The molecule has 0 spiro atoms. The SMILES string of the molecule is COC(=O)Cc1cc(C(F)F)ncc1I. The fourth-order valence-corrected chi connectivity index (χ4v) is 1.47. The number of carbonyl (C=O) groups excluding carboxylic acids is 1. The summed E-state index contributed by atoms with van der Waals surface area (Å²) in [4.78, 5) is 14.5. The lowest BCUT2D eigenvalue weighted by Gasteiger charge is -2.05. The second kappa shape index (κ2) is 5.34. The standard InChI is InChI=1S/C9H8F2INO2/c1-15-8(14)3-5-2-7(9(10)11)13-4-6(5)12/h2,4,9H,3H2,1H3. The summed E-state index contributed by atoms with van der Waals surface area (Å²) in [5.74, 6) is -0.459. The second-order valence-electron chi connectivity index (χ2n) is 2.75. The van der Waals surface area contributed by atoms with Crippen molar-refractivity contribution in [2.75, 3.05) is 7.11 Å². The maximum atomic E-state index is 12.3. The quantitative estimate of drug-likeness (QED) is 0.632. The van der Waals surface area contributed by atoms with E-state index in [2.05, 4.69) is 9.72 Å². The van der Waals surface area contributed by atoms with Crippen LogP contribution in [0.25, 0.3) is 0 Å². The summed E-state index contributed by atoms with van der Waals surface area (Å²) >= 11 is 1.93. The maximum absolute atomic E-state index is 12.3. The van der Waals surface area contributed by atoms with Gasteiger partial charge in [-0.25, -0.2) is 8.78 Å². The predicted molar refractivity (Wildman–Crippen MR) is 57.6 cm³/mol. The lowest BCUT2D eigenvalue weighted by Crippen LogP contribution is -2.07. The number of halogens is 3. The van der Waals surface area contributed by atoms with Crippen molar-refractivity contribution in [2.45, 2.75) is 12.8 Å². The Morgan fingerprint density at radius 2 is 2.33 bits per heavy atom. The van der Waals surface area contributed by atoms with E-state index in [-0.39, 0.29) is 12.1 Å². The van der Waals surface area contributed by atoms with Crippen LogP contribution in [-0.4, -0.2) is 18.1 Å². The first-order chi connectivity index (χ1) is 7.04. The molecule has 1 aromatic heterocycles. The molecule has 0 fully saturated rings. The number of esters is 1. The minimum Gasteiger partial charge on any atom is -0.469 e. The summed E-state index contributed by atoms with van der Waals surface area (Å²) in [7, 11) is 1.25. The molecule has 0 radical (unpaired) electrons. The zero-order chi connectivity index (χ0) is 11.4. The number of nitrogens with zero attached hydrogens (tertiary/aromatic N) is 1. The molecule has 0 aliphatic carbocycles. The zero-order valence-electron chi connectivity index (χ0n) is 7.84. The molecule has 1 heterocycles. The highest BCUT2D eigenvalue weighted by molar-refractivity contribution is 14.1. The van der Waals surface area contributed by atoms with E-state index in [0.717, 1.165) is 0 Å². The highest BCUT2D eigenvalue weighted by Crippen LogP contribution is 2.20. The van der Waals surface area contributed by atoms with Gasteiger partial charge in [0.1, 0.15) is 5.69 Å². The molecule has 6 heteroatoms. The van der Waals surface area contributed by atoms with Crippen molar-refractivity contribution in [1.29, 1.82) is 0 Å². The van der Waals surface area contributed by atoms with Gasteiger partial charge in [0.25, 0.3) is 6.43 Å². The molecule has 0 aliphatic rings. The van der Waals surface area contributed by atoms with E-state index >= 15 is 0 Å². The van der Waals surface area contributed by atoms with Gasteiger partial charge < -0.3 is 4.74 Å². The van der Waals surface area contributed by atoms with Gasteiger partial charge in [0.05, 0.1) is 13.5 Å². The van der Waals surface area contributed by atoms with Crippen LogP contribution in [0.5, 0.6) is 0 Å². The van der Waals surface area contributed by atoms with Gasteiger partial charge >= 0.3 is 5.97 Å². The third kappa shape index (κ3) is 3.37. The molecule has 1 aromatic rings. The molecular formula is C9H8F2INO2. The number of hydrogen-bond donors (Lipinski definition) is 0. The van der Waals surface area contributed by atoms with E-state index in [1.165, 1.54) is 19.4 Å². The van der Waals surface area contributed by atoms with Crippen LogP contribution in [0.15, 0.2) is 12.3 Å². The van der Waals surface area contributed by atoms with Crippen molar-refractivity contribution >= 4 is 28.6 Å². The predicted octanol–water partition coefficient (Wildman–Crippen LogP) is 2.34. The Morgan fingerprint density at radius 3 is 2.87 bits per heavy atom. The van der Waals surface area contributed by atoms with E-state index in [9.17, 15) is 13.6 Å². The normalized spacial score (nSPS) is 10.5. The highest BCUT2D eigenvalue weighted by atomic mass is 127. The van der Waals surface area contributed by atoms with Crippen LogP contribution < -0.4 is 0 Å². The van der Waals surface area contributed by atoms with Crippen LogP contribution in [0.2, 0.25) is 0 Å². The number of methoxy groups -OCH3 is 1. The van der Waals surface area contributed by atoms with E-state index < -0.39 is 12.4 Å². The lowest BCUT2D eigenvalue weighted by atomic mass is 10.2. The molecule has 82 valence electrons. The molecule has 0 saturated carbocycles. The summed E-state index contributed by atoms with van der Waals surface area (Å²) in [5.41, 5.74) is 0.182. The van der Waals surface area contributed by atoms with E-state index in [1.807, 2.05) is 22.6 Å². The Morgan fingerprint density at radius 1 is 1.67 bits per heavy atom. The van der Waals surface area contributed by atoms with Gasteiger partial charge in [0.2, 0.25) is 0 Å². The summed E-state index contributed by atoms with van der Waals surface area (Å²) in [6.45, 7) is 0. The molecule has 0 atom stereocenters. The number of rotatable bonds is 3. The van der Waals surface area contributed by atoms with Crippen LogP contribution in [-0.2, 0) is 16.0 Å². The van der Waals surface area contributed by atoms with Crippen LogP contribution in [0, 0.1) is 3.57 Å². The average molecular weight is 327 g/mol. The zero-order valence-corrected chi connectivity index (χ0v) is 9.99. The van der Waals surface area contributed by atoms with Crippen molar-refractivity contribution in [1.82, 2.24) is 4.98 Å². The molecule has 0 amide bonds. The van der Waals surface area contributed by atoms with E-state index in [1.54, 1.807) is 0 Å². The van der Waals surface area contributed by atoms with Crippen molar-refractivity contribution in [3.05, 3.63) is 27.1 Å². The molecule has 0 aliphatic heterocycles. The number of carbonyl (C=O) groups is 1. The van der Waals surface area contributed by atoms with Gasteiger partial charge in [0, 0.05) is 9.77 Å². The van der Waals surface area contributed by atoms with Crippen LogP contribution in [0.4, 0.5) is 8.78 Å². The van der Waals surface area contributed by atoms with Gasteiger partial charge in [-0.05, 0) is 34.2 Å². The fourth-order valence-electron chi connectivity index (χ4n) is 0.981. The van der Waals surface area contributed by atoms with Crippen LogP contribution in [0.3, 0.4) is 0 Å². The molecule has 15 heavy (non-hydrogen) atoms. The minimum atomic E-state index is -2.63. The first-order valence-electron chi connectivity index (χ1n) is 4.04. The Bertz CT molecular complexity index is 371. The number of hydrogen-bond acceptors (Lipinski definition) is 3. The van der Waals surface area contributed by atoms with Gasteiger partial charge in [-0.15, -0.1) is 0 Å². The summed E-state index contributed by atoms with van der Waals surface area (Å²) < 4.78 is 29.8. The Balaban J connectivity index is 2.95. The molecule has 3 nitrogen and oxygen atoms in total. The Hall–Kier alpha value is -0.790. The monoisotopic (exact) mass is 327 g/mol. The largest absolute Gasteiger partial charge is 0.469 e. The molecule has 0 unspecified atom stereocenters. The lowest BCUT2D eigenvalue weighted by molar-refractivity contribution is -0.139.